The van der Waals surface area contributed by atoms with Crippen molar-refractivity contribution >= 4 is 0 Å². The highest BCUT2D eigenvalue weighted by atomic mass is 16.3. The molecule has 0 amide bonds. The van der Waals surface area contributed by atoms with Crippen molar-refractivity contribution in [1.29, 1.82) is 0 Å². The Bertz CT molecular complexity index is 510. The van der Waals surface area contributed by atoms with Gasteiger partial charge in [-0.15, -0.1) is 0 Å². The minimum atomic E-state index is -0.269. The van der Waals surface area contributed by atoms with Gasteiger partial charge in [0.25, 0.3) is 0 Å². The van der Waals surface area contributed by atoms with Crippen molar-refractivity contribution in [2.45, 2.75) is 64.5 Å². The molecule has 116 valence electrons. The summed E-state index contributed by atoms with van der Waals surface area (Å²) in [6, 6.07) is 0.408. The van der Waals surface area contributed by atoms with E-state index in [1.165, 1.54) is 37.7 Å². The van der Waals surface area contributed by atoms with E-state index in [1.54, 1.807) is 0 Å². The van der Waals surface area contributed by atoms with Crippen molar-refractivity contribution in [3.8, 4) is 0 Å². The molecule has 2 fully saturated rings. The van der Waals surface area contributed by atoms with Crippen molar-refractivity contribution in [2.75, 3.05) is 0 Å². The van der Waals surface area contributed by atoms with Crippen LogP contribution in [0.2, 0.25) is 0 Å². The molecule has 4 aliphatic carbocycles. The lowest BCUT2D eigenvalue weighted by atomic mass is 9.49. The van der Waals surface area contributed by atoms with Crippen LogP contribution in [0.4, 0.5) is 0 Å². The van der Waals surface area contributed by atoms with Gasteiger partial charge in [-0.2, -0.15) is 0 Å². The van der Waals surface area contributed by atoms with Gasteiger partial charge in [-0.3, -0.25) is 0 Å². The fourth-order valence-corrected chi connectivity index (χ4v) is 6.28. The van der Waals surface area contributed by atoms with E-state index in [-0.39, 0.29) is 11.5 Å². The summed E-state index contributed by atoms with van der Waals surface area (Å²) < 4.78 is 0. The third-order valence-corrected chi connectivity index (χ3v) is 7.70. The lowest BCUT2D eigenvalue weighted by Crippen LogP contribution is -2.51. The smallest absolute Gasteiger partial charge is 0.0758 e. The number of aliphatic hydroxyl groups excluding tert-OH is 1. The van der Waals surface area contributed by atoms with E-state index >= 15 is 0 Å². The summed E-state index contributed by atoms with van der Waals surface area (Å²) in [6.45, 7) is 4.86. The molecule has 2 heteroatoms. The first-order valence-corrected chi connectivity index (χ1v) is 8.77. The lowest BCUT2D eigenvalue weighted by Gasteiger charge is -2.56. The van der Waals surface area contributed by atoms with Crippen LogP contribution in [0.3, 0.4) is 0 Å². The van der Waals surface area contributed by atoms with Crippen molar-refractivity contribution < 1.29 is 5.11 Å². The standard InChI is InChI=1S/C19H29NO/c1-18-9-7-13(21)11-12(18)3-4-14-15-5-6-17(20)19(15,2)10-8-16(14)18/h3,7,9,13-17,21H,4-6,8,10-11,20H2,1-2H3/t13?,14-,15-,16+,17?,18-,19-/m0/s1. The average molecular weight is 287 g/mol. The normalized spacial score (nSPS) is 55.4. The molecule has 0 saturated heterocycles. The summed E-state index contributed by atoms with van der Waals surface area (Å²) in [5, 5.41) is 9.94. The Kier molecular flexibility index (Phi) is 2.97. The van der Waals surface area contributed by atoms with Gasteiger partial charge in [-0.25, -0.2) is 0 Å². The lowest BCUT2D eigenvalue weighted by molar-refractivity contribution is -0.0113. The van der Waals surface area contributed by atoms with Gasteiger partial charge in [0.2, 0.25) is 0 Å². The van der Waals surface area contributed by atoms with Gasteiger partial charge in [0.15, 0.2) is 0 Å². The number of hydrogen-bond donors (Lipinski definition) is 2. The van der Waals surface area contributed by atoms with Crippen LogP contribution < -0.4 is 5.73 Å². The van der Waals surface area contributed by atoms with Crippen molar-refractivity contribution in [3.63, 3.8) is 0 Å². The molecule has 3 N–H and O–H groups in total. The minimum Gasteiger partial charge on any atom is -0.389 e. The Morgan fingerprint density at radius 3 is 2.81 bits per heavy atom. The first kappa shape index (κ1) is 14.0. The maximum Gasteiger partial charge on any atom is 0.0758 e. The highest BCUT2D eigenvalue weighted by molar-refractivity contribution is 5.32. The van der Waals surface area contributed by atoms with Crippen LogP contribution in [0.15, 0.2) is 23.8 Å². The predicted molar refractivity (Wildman–Crippen MR) is 85.6 cm³/mol. The molecule has 0 spiro atoms. The topological polar surface area (TPSA) is 46.2 Å². The van der Waals surface area contributed by atoms with E-state index in [4.69, 9.17) is 5.73 Å². The third-order valence-electron chi connectivity index (χ3n) is 7.70. The summed E-state index contributed by atoms with van der Waals surface area (Å²) in [5.74, 6) is 2.36. The molecule has 7 atom stereocenters. The summed E-state index contributed by atoms with van der Waals surface area (Å²) in [5.41, 5.74) is 8.52. The van der Waals surface area contributed by atoms with Crippen LogP contribution in [-0.2, 0) is 0 Å². The van der Waals surface area contributed by atoms with Gasteiger partial charge < -0.3 is 10.8 Å². The number of fused-ring (bicyclic) bond motifs is 5. The molecule has 2 saturated carbocycles. The fraction of sp³-hybridized carbons (Fsp3) is 0.789. The van der Waals surface area contributed by atoms with Crippen LogP contribution in [0, 0.1) is 28.6 Å². The van der Waals surface area contributed by atoms with Gasteiger partial charge >= 0.3 is 0 Å². The van der Waals surface area contributed by atoms with Crippen LogP contribution in [0.5, 0.6) is 0 Å². The molecular weight excluding hydrogens is 258 g/mol. The van der Waals surface area contributed by atoms with Crippen molar-refractivity contribution in [2.24, 2.45) is 34.3 Å². The molecule has 2 unspecified atom stereocenters. The zero-order valence-corrected chi connectivity index (χ0v) is 13.4. The van der Waals surface area contributed by atoms with Crippen LogP contribution in [-0.4, -0.2) is 17.3 Å². The summed E-state index contributed by atoms with van der Waals surface area (Å²) in [6.07, 6.45) is 13.7. The van der Waals surface area contributed by atoms with Gasteiger partial charge in [0.1, 0.15) is 0 Å². The SMILES string of the molecule is C[C@]12C=CC(O)CC1=CC[C@@H]1[C@H]2CC[C@]2(C)C(N)CC[C@@H]12. The summed E-state index contributed by atoms with van der Waals surface area (Å²) in [7, 11) is 0. The maximum absolute atomic E-state index is 9.94. The van der Waals surface area contributed by atoms with Crippen LogP contribution >= 0.6 is 0 Å². The molecular formula is C19H29NO. The van der Waals surface area contributed by atoms with E-state index in [9.17, 15) is 5.11 Å². The number of rotatable bonds is 0. The Hall–Kier alpha value is -0.600. The molecule has 0 bridgehead atoms. The number of hydrogen-bond acceptors (Lipinski definition) is 2. The van der Waals surface area contributed by atoms with E-state index in [0.717, 1.165) is 24.2 Å². The van der Waals surface area contributed by atoms with Gasteiger partial charge in [0, 0.05) is 11.5 Å². The predicted octanol–water partition coefficient (Wildman–Crippen LogP) is 3.41. The Morgan fingerprint density at radius 1 is 1.19 bits per heavy atom. The molecule has 21 heavy (non-hydrogen) atoms. The highest BCUT2D eigenvalue weighted by Crippen LogP contribution is 2.63. The fourth-order valence-electron chi connectivity index (χ4n) is 6.28. The van der Waals surface area contributed by atoms with Gasteiger partial charge in [-0.05, 0) is 61.7 Å². The molecule has 0 aromatic rings. The third kappa shape index (κ3) is 1.78. The van der Waals surface area contributed by atoms with E-state index in [0.29, 0.717) is 11.5 Å². The van der Waals surface area contributed by atoms with Crippen molar-refractivity contribution in [3.05, 3.63) is 23.8 Å². The van der Waals surface area contributed by atoms with Crippen molar-refractivity contribution in [1.82, 2.24) is 0 Å². The highest BCUT2D eigenvalue weighted by Gasteiger charge is 2.57. The number of nitrogens with two attached hydrogens (primary N) is 1. The first-order chi connectivity index (χ1) is 9.95. The second-order valence-electron chi connectivity index (χ2n) is 8.48. The molecule has 0 aromatic heterocycles. The zero-order valence-electron chi connectivity index (χ0n) is 13.4. The maximum atomic E-state index is 9.94. The van der Waals surface area contributed by atoms with Crippen LogP contribution in [0.1, 0.15) is 52.4 Å². The van der Waals surface area contributed by atoms with Gasteiger partial charge in [-0.1, -0.05) is 37.6 Å². The second kappa shape index (κ2) is 4.45. The van der Waals surface area contributed by atoms with Gasteiger partial charge in [0.05, 0.1) is 6.10 Å². The molecule has 4 rings (SSSR count). The van der Waals surface area contributed by atoms with E-state index in [2.05, 4.69) is 26.0 Å². The average Bonchev–Trinajstić information content (AvgIpc) is 2.76. The molecule has 0 aromatic carbocycles. The molecule has 0 radical (unpaired) electrons. The first-order valence-electron chi connectivity index (χ1n) is 8.77. The Balaban J connectivity index is 1.71. The van der Waals surface area contributed by atoms with E-state index in [1.807, 2.05) is 6.08 Å². The minimum absolute atomic E-state index is 0.191. The summed E-state index contributed by atoms with van der Waals surface area (Å²) >= 11 is 0. The van der Waals surface area contributed by atoms with E-state index < -0.39 is 0 Å². The second-order valence-corrected chi connectivity index (χ2v) is 8.48. The monoisotopic (exact) mass is 287 g/mol. The Morgan fingerprint density at radius 2 is 2.00 bits per heavy atom. The quantitative estimate of drug-likeness (QED) is 0.671. The number of aliphatic hydroxyl groups is 1. The number of allylic oxidation sites excluding steroid dienone is 2. The Labute approximate surface area is 128 Å². The van der Waals surface area contributed by atoms with Crippen LogP contribution in [0.25, 0.3) is 0 Å². The molecule has 0 heterocycles. The zero-order chi connectivity index (χ0) is 14.8. The largest absolute Gasteiger partial charge is 0.389 e. The molecule has 4 aliphatic rings. The summed E-state index contributed by atoms with van der Waals surface area (Å²) in [4.78, 5) is 0. The molecule has 0 aliphatic heterocycles. The molecule has 2 nitrogen and oxygen atoms in total.